The van der Waals surface area contributed by atoms with Gasteiger partial charge in [-0.15, -0.1) is 0 Å². The molecule has 17 heavy (non-hydrogen) atoms. The Labute approximate surface area is 106 Å². The molecule has 0 N–H and O–H groups in total. The highest BCUT2D eigenvalue weighted by molar-refractivity contribution is 6.30. The Kier molecular flexibility index (Phi) is 3.49. The second-order valence-electron chi connectivity index (χ2n) is 4.68. The maximum Gasteiger partial charge on any atom is 0.123 e. The summed E-state index contributed by atoms with van der Waals surface area (Å²) < 4.78 is 0. The van der Waals surface area contributed by atoms with Crippen molar-refractivity contribution >= 4 is 17.9 Å². The van der Waals surface area contributed by atoms with Crippen molar-refractivity contribution in [2.45, 2.75) is 31.1 Å². The van der Waals surface area contributed by atoms with Crippen LogP contribution in [-0.4, -0.2) is 6.29 Å². The minimum Gasteiger partial charge on any atom is -0.303 e. The van der Waals surface area contributed by atoms with Crippen molar-refractivity contribution in [1.29, 1.82) is 5.26 Å². The molecule has 3 heteroatoms. The molecule has 0 unspecified atom stereocenters. The molecule has 1 saturated carbocycles. The summed E-state index contributed by atoms with van der Waals surface area (Å²) in [5.74, 6) is 0.121. The van der Waals surface area contributed by atoms with Crippen LogP contribution in [0.3, 0.4) is 0 Å². The molecule has 88 valence electrons. The molecule has 2 nitrogen and oxygen atoms in total. The van der Waals surface area contributed by atoms with E-state index in [1.807, 2.05) is 24.3 Å². The van der Waals surface area contributed by atoms with E-state index >= 15 is 0 Å². The SMILES string of the molecule is N#C[C@]1(c2cccc(Cl)c2)CC[C@@H](C=O)CC1. The zero-order valence-corrected chi connectivity index (χ0v) is 10.3. The number of halogens is 1. The van der Waals surface area contributed by atoms with Crippen LogP contribution < -0.4 is 0 Å². The van der Waals surface area contributed by atoms with Crippen molar-refractivity contribution in [3.8, 4) is 6.07 Å². The molecular weight excluding hydrogens is 234 g/mol. The molecule has 0 aromatic heterocycles. The molecule has 1 aliphatic rings. The van der Waals surface area contributed by atoms with Gasteiger partial charge < -0.3 is 4.79 Å². The molecule has 0 amide bonds. The lowest BCUT2D eigenvalue weighted by molar-refractivity contribution is -0.112. The van der Waals surface area contributed by atoms with Gasteiger partial charge in [0.25, 0.3) is 0 Å². The van der Waals surface area contributed by atoms with E-state index in [0.717, 1.165) is 37.5 Å². The number of aldehydes is 1. The third kappa shape index (κ3) is 2.35. The molecule has 0 atom stereocenters. The van der Waals surface area contributed by atoms with E-state index in [1.165, 1.54) is 0 Å². The van der Waals surface area contributed by atoms with Gasteiger partial charge in [-0.05, 0) is 43.4 Å². The number of carbonyl (C=O) groups is 1. The minimum atomic E-state index is -0.454. The standard InChI is InChI=1S/C14H14ClNO/c15-13-3-1-2-12(8-13)14(10-16)6-4-11(9-17)5-7-14/h1-3,8-9,11H,4-7H2/t11-,14+. The van der Waals surface area contributed by atoms with E-state index in [4.69, 9.17) is 11.6 Å². The smallest absolute Gasteiger partial charge is 0.123 e. The molecule has 0 spiro atoms. The van der Waals surface area contributed by atoms with Gasteiger partial charge in [-0.25, -0.2) is 0 Å². The topological polar surface area (TPSA) is 40.9 Å². The Balaban J connectivity index is 2.28. The van der Waals surface area contributed by atoms with Crippen molar-refractivity contribution in [1.82, 2.24) is 0 Å². The van der Waals surface area contributed by atoms with Crippen LogP contribution in [0.15, 0.2) is 24.3 Å². The first-order valence-corrected chi connectivity index (χ1v) is 6.20. The average molecular weight is 248 g/mol. The number of nitriles is 1. The summed E-state index contributed by atoms with van der Waals surface area (Å²) in [7, 11) is 0. The zero-order chi connectivity index (χ0) is 12.3. The van der Waals surface area contributed by atoms with Crippen molar-refractivity contribution in [2.24, 2.45) is 5.92 Å². The fourth-order valence-electron chi connectivity index (χ4n) is 2.52. The van der Waals surface area contributed by atoms with Crippen LogP contribution in [-0.2, 0) is 10.2 Å². The third-order valence-corrected chi connectivity index (χ3v) is 3.90. The first-order valence-electron chi connectivity index (χ1n) is 5.83. The molecule has 0 bridgehead atoms. The summed E-state index contributed by atoms with van der Waals surface area (Å²) >= 11 is 5.97. The van der Waals surface area contributed by atoms with Crippen molar-refractivity contribution < 1.29 is 4.79 Å². The third-order valence-electron chi connectivity index (χ3n) is 3.67. The summed E-state index contributed by atoms with van der Waals surface area (Å²) in [6.45, 7) is 0. The lowest BCUT2D eigenvalue weighted by atomic mass is 9.68. The number of hydrogen-bond acceptors (Lipinski definition) is 2. The summed E-state index contributed by atoms with van der Waals surface area (Å²) in [4.78, 5) is 10.7. The quantitative estimate of drug-likeness (QED) is 0.751. The Hall–Kier alpha value is -1.33. The Morgan fingerprint density at radius 2 is 2.12 bits per heavy atom. The fraction of sp³-hybridized carbons (Fsp3) is 0.429. The first-order chi connectivity index (χ1) is 8.20. The maximum absolute atomic E-state index is 10.7. The van der Waals surface area contributed by atoms with Crippen LogP contribution in [0.25, 0.3) is 0 Å². The average Bonchev–Trinajstić information content (AvgIpc) is 2.39. The highest BCUT2D eigenvalue weighted by Crippen LogP contribution is 2.41. The summed E-state index contributed by atoms with van der Waals surface area (Å²) in [5.41, 5.74) is 0.529. The largest absolute Gasteiger partial charge is 0.303 e. The molecule has 2 rings (SSSR count). The van der Waals surface area contributed by atoms with Gasteiger partial charge in [0.1, 0.15) is 6.29 Å². The second kappa shape index (κ2) is 4.89. The molecule has 0 heterocycles. The van der Waals surface area contributed by atoms with Crippen molar-refractivity contribution in [3.63, 3.8) is 0 Å². The maximum atomic E-state index is 10.7. The minimum absolute atomic E-state index is 0.121. The summed E-state index contributed by atoms with van der Waals surface area (Å²) in [5, 5.41) is 10.1. The van der Waals surface area contributed by atoms with E-state index in [-0.39, 0.29) is 5.92 Å². The second-order valence-corrected chi connectivity index (χ2v) is 5.11. The zero-order valence-electron chi connectivity index (χ0n) is 9.53. The number of nitrogens with zero attached hydrogens (tertiary/aromatic N) is 1. The van der Waals surface area contributed by atoms with Gasteiger partial charge in [0.05, 0.1) is 11.5 Å². The molecular formula is C14H14ClNO. The summed E-state index contributed by atoms with van der Waals surface area (Å²) in [6, 6.07) is 9.94. The highest BCUT2D eigenvalue weighted by atomic mass is 35.5. The molecule has 1 aromatic carbocycles. The Morgan fingerprint density at radius 1 is 1.41 bits per heavy atom. The normalized spacial score (nSPS) is 28.4. The number of hydrogen-bond donors (Lipinski definition) is 0. The molecule has 1 aliphatic carbocycles. The molecule has 1 aromatic rings. The number of rotatable bonds is 2. The van der Waals surface area contributed by atoms with Gasteiger partial charge in [-0.3, -0.25) is 0 Å². The van der Waals surface area contributed by atoms with Crippen molar-refractivity contribution in [2.75, 3.05) is 0 Å². The van der Waals surface area contributed by atoms with Gasteiger partial charge in [0.15, 0.2) is 0 Å². The van der Waals surface area contributed by atoms with Gasteiger partial charge in [0, 0.05) is 10.9 Å². The molecule has 0 saturated heterocycles. The number of carbonyl (C=O) groups excluding carboxylic acids is 1. The van der Waals surface area contributed by atoms with Crippen LogP contribution in [0.5, 0.6) is 0 Å². The molecule has 0 aliphatic heterocycles. The summed E-state index contributed by atoms with van der Waals surface area (Å²) in [6.07, 6.45) is 4.09. The van der Waals surface area contributed by atoms with Crippen LogP contribution in [0.1, 0.15) is 31.2 Å². The predicted molar refractivity (Wildman–Crippen MR) is 66.8 cm³/mol. The van der Waals surface area contributed by atoms with Crippen molar-refractivity contribution in [3.05, 3.63) is 34.9 Å². The van der Waals surface area contributed by atoms with E-state index in [2.05, 4.69) is 6.07 Å². The lowest BCUT2D eigenvalue weighted by Crippen LogP contribution is -2.30. The molecule has 0 radical (unpaired) electrons. The monoisotopic (exact) mass is 247 g/mol. The van der Waals surface area contributed by atoms with Crippen LogP contribution in [0.2, 0.25) is 5.02 Å². The Morgan fingerprint density at radius 3 is 2.65 bits per heavy atom. The van der Waals surface area contributed by atoms with E-state index < -0.39 is 5.41 Å². The first kappa shape index (κ1) is 12.1. The van der Waals surface area contributed by atoms with Crippen LogP contribution >= 0.6 is 11.6 Å². The number of benzene rings is 1. The van der Waals surface area contributed by atoms with Gasteiger partial charge in [-0.1, -0.05) is 23.7 Å². The Bertz CT molecular complexity index is 456. The molecule has 1 fully saturated rings. The van der Waals surface area contributed by atoms with Gasteiger partial charge in [-0.2, -0.15) is 5.26 Å². The van der Waals surface area contributed by atoms with Gasteiger partial charge in [0.2, 0.25) is 0 Å². The highest BCUT2D eigenvalue weighted by Gasteiger charge is 2.37. The van der Waals surface area contributed by atoms with Crippen LogP contribution in [0, 0.1) is 17.2 Å². The van der Waals surface area contributed by atoms with Gasteiger partial charge >= 0.3 is 0 Å². The van der Waals surface area contributed by atoms with Crippen LogP contribution in [0.4, 0.5) is 0 Å². The fourth-order valence-corrected chi connectivity index (χ4v) is 2.71. The van der Waals surface area contributed by atoms with E-state index in [9.17, 15) is 10.1 Å². The van der Waals surface area contributed by atoms with E-state index in [0.29, 0.717) is 5.02 Å². The van der Waals surface area contributed by atoms with E-state index in [1.54, 1.807) is 0 Å². The predicted octanol–water partition coefficient (Wildman–Crippen LogP) is 3.49. The lowest BCUT2D eigenvalue weighted by Gasteiger charge is -2.33.